The van der Waals surface area contributed by atoms with Gasteiger partial charge >= 0.3 is 0 Å². The van der Waals surface area contributed by atoms with Crippen molar-refractivity contribution in [1.29, 1.82) is 0 Å². The van der Waals surface area contributed by atoms with Gasteiger partial charge < -0.3 is 19.2 Å². The van der Waals surface area contributed by atoms with Crippen LogP contribution >= 0.6 is 0 Å². The first kappa shape index (κ1) is 13.3. The normalized spacial score (nSPS) is 10.6. The van der Waals surface area contributed by atoms with E-state index in [0.717, 1.165) is 22.3 Å². The van der Waals surface area contributed by atoms with E-state index < -0.39 is 0 Å². The number of nitrogens with zero attached hydrogens (tertiary/aromatic N) is 1. The summed E-state index contributed by atoms with van der Waals surface area (Å²) >= 11 is 0. The molecule has 5 nitrogen and oxygen atoms in total. The van der Waals surface area contributed by atoms with Gasteiger partial charge in [-0.15, -0.1) is 0 Å². The minimum atomic E-state index is 0.581. The fourth-order valence-corrected chi connectivity index (χ4v) is 2.35. The standard InChI is InChI=1S/C16H16N2O3/c1-19-13-8-11(9-14(20-2)15(13)21-3)12-7-10-5-4-6-17-16(10)18-12/h4-9H,1-3H3,(H,17,18). The molecule has 3 aromatic rings. The molecule has 0 amide bonds. The number of benzene rings is 1. The van der Waals surface area contributed by atoms with E-state index in [1.165, 1.54) is 0 Å². The molecule has 3 rings (SSSR count). The first-order valence-corrected chi connectivity index (χ1v) is 6.51. The summed E-state index contributed by atoms with van der Waals surface area (Å²) in [5, 5.41) is 1.06. The molecule has 0 spiro atoms. The Morgan fingerprint density at radius 3 is 2.24 bits per heavy atom. The van der Waals surface area contributed by atoms with Gasteiger partial charge in [0, 0.05) is 22.8 Å². The van der Waals surface area contributed by atoms with Gasteiger partial charge in [0.15, 0.2) is 11.5 Å². The number of H-pyrrole nitrogens is 1. The number of aromatic nitrogens is 2. The van der Waals surface area contributed by atoms with Crippen molar-refractivity contribution < 1.29 is 14.2 Å². The zero-order valence-corrected chi connectivity index (χ0v) is 12.1. The quantitative estimate of drug-likeness (QED) is 0.799. The summed E-state index contributed by atoms with van der Waals surface area (Å²) < 4.78 is 16.1. The molecule has 5 heteroatoms. The summed E-state index contributed by atoms with van der Waals surface area (Å²) in [6.07, 6.45) is 1.76. The largest absolute Gasteiger partial charge is 0.493 e. The molecule has 0 bridgehead atoms. The van der Waals surface area contributed by atoms with Crippen LogP contribution in [-0.2, 0) is 0 Å². The van der Waals surface area contributed by atoms with Gasteiger partial charge in [-0.25, -0.2) is 4.98 Å². The summed E-state index contributed by atoms with van der Waals surface area (Å²) in [6.45, 7) is 0. The molecule has 0 aliphatic heterocycles. The fourth-order valence-electron chi connectivity index (χ4n) is 2.35. The Labute approximate surface area is 122 Å². The van der Waals surface area contributed by atoms with Crippen LogP contribution in [-0.4, -0.2) is 31.3 Å². The van der Waals surface area contributed by atoms with E-state index in [1.807, 2.05) is 30.3 Å². The van der Waals surface area contributed by atoms with Gasteiger partial charge in [0.1, 0.15) is 5.65 Å². The maximum absolute atomic E-state index is 5.38. The van der Waals surface area contributed by atoms with Crippen LogP contribution in [0.25, 0.3) is 22.3 Å². The van der Waals surface area contributed by atoms with Crippen LogP contribution < -0.4 is 14.2 Å². The van der Waals surface area contributed by atoms with Crippen LogP contribution in [0.15, 0.2) is 36.5 Å². The lowest BCUT2D eigenvalue weighted by atomic mass is 10.1. The predicted molar refractivity (Wildman–Crippen MR) is 81.2 cm³/mol. The Morgan fingerprint density at radius 1 is 0.952 bits per heavy atom. The Kier molecular flexibility index (Phi) is 3.39. The molecule has 0 aliphatic carbocycles. The monoisotopic (exact) mass is 284 g/mol. The van der Waals surface area contributed by atoms with Crippen molar-refractivity contribution in [2.45, 2.75) is 0 Å². The van der Waals surface area contributed by atoms with Crippen molar-refractivity contribution >= 4 is 11.0 Å². The van der Waals surface area contributed by atoms with Crippen LogP contribution in [0.4, 0.5) is 0 Å². The molecule has 0 saturated heterocycles. The average molecular weight is 284 g/mol. The Hall–Kier alpha value is -2.69. The molecule has 1 aromatic carbocycles. The summed E-state index contributed by atoms with van der Waals surface area (Å²) in [6, 6.07) is 9.79. The molecule has 21 heavy (non-hydrogen) atoms. The predicted octanol–water partition coefficient (Wildman–Crippen LogP) is 3.26. The third kappa shape index (κ3) is 2.27. The van der Waals surface area contributed by atoms with E-state index >= 15 is 0 Å². The van der Waals surface area contributed by atoms with E-state index in [9.17, 15) is 0 Å². The number of nitrogens with one attached hydrogen (secondary N) is 1. The Bertz CT molecular complexity index is 722. The third-order valence-corrected chi connectivity index (χ3v) is 3.37. The molecule has 0 radical (unpaired) electrons. The van der Waals surface area contributed by atoms with E-state index in [1.54, 1.807) is 27.5 Å². The van der Waals surface area contributed by atoms with Gasteiger partial charge in [-0.05, 0) is 30.3 Å². The topological polar surface area (TPSA) is 56.4 Å². The van der Waals surface area contributed by atoms with Crippen molar-refractivity contribution in [2.75, 3.05) is 21.3 Å². The number of hydrogen-bond donors (Lipinski definition) is 1. The van der Waals surface area contributed by atoms with Gasteiger partial charge in [-0.2, -0.15) is 0 Å². The smallest absolute Gasteiger partial charge is 0.203 e. The average Bonchev–Trinajstić information content (AvgIpc) is 2.97. The number of fused-ring (bicyclic) bond motifs is 1. The molecule has 0 saturated carbocycles. The molecular formula is C16H16N2O3. The van der Waals surface area contributed by atoms with Gasteiger partial charge in [0.2, 0.25) is 5.75 Å². The third-order valence-electron chi connectivity index (χ3n) is 3.37. The zero-order chi connectivity index (χ0) is 14.8. The molecule has 0 aliphatic rings. The first-order chi connectivity index (χ1) is 10.3. The highest BCUT2D eigenvalue weighted by molar-refractivity contribution is 5.83. The highest BCUT2D eigenvalue weighted by Gasteiger charge is 2.15. The number of rotatable bonds is 4. The van der Waals surface area contributed by atoms with Gasteiger partial charge in [0.05, 0.1) is 21.3 Å². The molecule has 2 aromatic heterocycles. The molecule has 2 heterocycles. The Balaban J connectivity index is 2.17. The second kappa shape index (κ2) is 5.36. The Morgan fingerprint density at radius 2 is 1.67 bits per heavy atom. The number of methoxy groups -OCH3 is 3. The van der Waals surface area contributed by atoms with E-state index in [-0.39, 0.29) is 0 Å². The second-order valence-electron chi connectivity index (χ2n) is 4.54. The lowest BCUT2D eigenvalue weighted by Crippen LogP contribution is -1.95. The van der Waals surface area contributed by atoms with Crippen LogP contribution in [0.5, 0.6) is 17.2 Å². The summed E-state index contributed by atoms with van der Waals surface area (Å²) in [5.41, 5.74) is 2.74. The SMILES string of the molecule is COc1cc(-c2cc3cccnc3[nH]2)cc(OC)c1OC. The molecular weight excluding hydrogens is 268 g/mol. The van der Waals surface area contributed by atoms with Crippen molar-refractivity contribution in [2.24, 2.45) is 0 Å². The van der Waals surface area contributed by atoms with Crippen LogP contribution in [0, 0.1) is 0 Å². The van der Waals surface area contributed by atoms with Crippen molar-refractivity contribution in [1.82, 2.24) is 9.97 Å². The van der Waals surface area contributed by atoms with Gasteiger partial charge in [-0.3, -0.25) is 0 Å². The van der Waals surface area contributed by atoms with Crippen molar-refractivity contribution in [3.05, 3.63) is 36.5 Å². The first-order valence-electron chi connectivity index (χ1n) is 6.51. The van der Waals surface area contributed by atoms with Crippen LogP contribution in [0.3, 0.4) is 0 Å². The maximum Gasteiger partial charge on any atom is 0.203 e. The zero-order valence-electron chi connectivity index (χ0n) is 12.1. The highest BCUT2D eigenvalue weighted by atomic mass is 16.5. The molecule has 1 N–H and O–H groups in total. The molecule has 0 fully saturated rings. The lowest BCUT2D eigenvalue weighted by Gasteiger charge is -2.13. The number of aromatic amines is 1. The van der Waals surface area contributed by atoms with E-state index in [0.29, 0.717) is 17.2 Å². The van der Waals surface area contributed by atoms with Gasteiger partial charge in [-0.1, -0.05) is 0 Å². The maximum atomic E-state index is 5.38. The molecule has 0 unspecified atom stereocenters. The number of hydrogen-bond acceptors (Lipinski definition) is 4. The van der Waals surface area contributed by atoms with Gasteiger partial charge in [0.25, 0.3) is 0 Å². The minimum absolute atomic E-state index is 0.581. The van der Waals surface area contributed by atoms with E-state index in [2.05, 4.69) is 9.97 Å². The number of pyridine rings is 1. The highest BCUT2D eigenvalue weighted by Crippen LogP contribution is 2.41. The van der Waals surface area contributed by atoms with Crippen LogP contribution in [0.2, 0.25) is 0 Å². The van der Waals surface area contributed by atoms with Crippen LogP contribution in [0.1, 0.15) is 0 Å². The molecule has 108 valence electrons. The lowest BCUT2D eigenvalue weighted by molar-refractivity contribution is 0.324. The van der Waals surface area contributed by atoms with E-state index in [4.69, 9.17) is 14.2 Å². The fraction of sp³-hybridized carbons (Fsp3) is 0.188. The number of ether oxygens (including phenoxy) is 3. The minimum Gasteiger partial charge on any atom is -0.493 e. The van der Waals surface area contributed by atoms with Crippen molar-refractivity contribution in [3.8, 4) is 28.5 Å². The summed E-state index contributed by atoms with van der Waals surface area (Å²) in [5.74, 6) is 1.83. The summed E-state index contributed by atoms with van der Waals surface area (Å²) in [7, 11) is 4.80. The molecule has 0 atom stereocenters. The van der Waals surface area contributed by atoms with Crippen molar-refractivity contribution in [3.63, 3.8) is 0 Å². The second-order valence-corrected chi connectivity index (χ2v) is 4.54. The summed E-state index contributed by atoms with van der Waals surface area (Å²) in [4.78, 5) is 7.59.